The van der Waals surface area contributed by atoms with E-state index in [4.69, 9.17) is 4.74 Å². The highest BCUT2D eigenvalue weighted by Crippen LogP contribution is 2.27. The van der Waals surface area contributed by atoms with Gasteiger partial charge in [0.1, 0.15) is 0 Å². The summed E-state index contributed by atoms with van der Waals surface area (Å²) < 4.78 is 5.06. The van der Waals surface area contributed by atoms with Crippen LogP contribution in [0.2, 0.25) is 0 Å². The van der Waals surface area contributed by atoms with Gasteiger partial charge >= 0.3 is 5.97 Å². The van der Waals surface area contributed by atoms with Crippen molar-refractivity contribution in [3.05, 3.63) is 35.9 Å². The van der Waals surface area contributed by atoms with Crippen molar-refractivity contribution in [2.24, 2.45) is 0 Å². The summed E-state index contributed by atoms with van der Waals surface area (Å²) in [6.07, 6.45) is 2.19. The van der Waals surface area contributed by atoms with Crippen LogP contribution in [0, 0.1) is 0 Å². The van der Waals surface area contributed by atoms with E-state index in [-0.39, 0.29) is 0 Å². The molecular weight excluding hydrogens is 192 g/mol. The Morgan fingerprint density at radius 2 is 2.00 bits per heavy atom. The van der Waals surface area contributed by atoms with Crippen LogP contribution in [0.1, 0.15) is 25.8 Å². The van der Waals surface area contributed by atoms with Crippen molar-refractivity contribution in [1.82, 2.24) is 0 Å². The Hall–Kier alpha value is -1.64. The van der Waals surface area contributed by atoms with Gasteiger partial charge in [0.2, 0.25) is 5.60 Å². The molecule has 1 unspecified atom stereocenters. The Bertz CT molecular complexity index is 345. The van der Waals surface area contributed by atoms with Gasteiger partial charge in [-0.05, 0) is 6.42 Å². The summed E-state index contributed by atoms with van der Waals surface area (Å²) in [5.41, 5.74) is -0.606. The molecule has 0 bridgehead atoms. The molecule has 15 heavy (non-hydrogen) atoms. The molecule has 0 saturated carbocycles. The average Bonchev–Trinajstić information content (AvgIpc) is 2.27. The van der Waals surface area contributed by atoms with Gasteiger partial charge in [0.05, 0.1) is 0 Å². The van der Waals surface area contributed by atoms with Gasteiger partial charge in [-0.25, -0.2) is 0 Å². The molecule has 1 aromatic carbocycles. The summed E-state index contributed by atoms with van der Waals surface area (Å²) >= 11 is 0. The minimum absolute atomic E-state index is 0.375. The van der Waals surface area contributed by atoms with Gasteiger partial charge < -0.3 is 4.74 Å². The van der Waals surface area contributed by atoms with Crippen molar-refractivity contribution in [3.8, 4) is 0 Å². The maximum Gasteiger partial charge on any atom is 0.303 e. The topological polar surface area (TPSA) is 43.4 Å². The number of carbonyl (C=O) groups excluding carboxylic acids is 2. The van der Waals surface area contributed by atoms with Crippen LogP contribution in [-0.2, 0) is 19.9 Å². The van der Waals surface area contributed by atoms with Crippen molar-refractivity contribution in [3.63, 3.8) is 0 Å². The Morgan fingerprint density at radius 1 is 1.40 bits per heavy atom. The van der Waals surface area contributed by atoms with E-state index >= 15 is 0 Å². The van der Waals surface area contributed by atoms with E-state index in [0.717, 1.165) is 0 Å². The summed E-state index contributed by atoms with van der Waals surface area (Å²) in [7, 11) is 0. The molecule has 0 aromatic heterocycles. The summed E-state index contributed by atoms with van der Waals surface area (Å²) in [4.78, 5) is 21.9. The second kappa shape index (κ2) is 4.73. The third-order valence-electron chi connectivity index (χ3n) is 2.22. The number of rotatable bonds is 4. The van der Waals surface area contributed by atoms with Gasteiger partial charge in [-0.3, -0.25) is 9.59 Å². The van der Waals surface area contributed by atoms with Crippen LogP contribution in [0.4, 0.5) is 0 Å². The van der Waals surface area contributed by atoms with Crippen molar-refractivity contribution >= 4 is 12.3 Å². The number of esters is 1. The molecular formula is C12H13O3. The minimum Gasteiger partial charge on any atom is -0.446 e. The van der Waals surface area contributed by atoms with E-state index in [1.54, 1.807) is 31.2 Å². The van der Waals surface area contributed by atoms with Gasteiger partial charge in [-0.15, -0.1) is 0 Å². The van der Waals surface area contributed by atoms with Crippen LogP contribution in [0.5, 0.6) is 0 Å². The summed E-state index contributed by atoms with van der Waals surface area (Å²) in [6.45, 7) is 3.06. The van der Waals surface area contributed by atoms with Crippen LogP contribution in [0.25, 0.3) is 0 Å². The lowest BCUT2D eigenvalue weighted by atomic mass is 9.92. The second-order valence-electron chi connectivity index (χ2n) is 3.24. The third kappa shape index (κ3) is 2.43. The van der Waals surface area contributed by atoms with Gasteiger partial charge in [0.25, 0.3) is 6.29 Å². The molecule has 0 spiro atoms. The molecule has 1 aromatic rings. The first kappa shape index (κ1) is 11.4. The zero-order valence-electron chi connectivity index (χ0n) is 8.82. The molecule has 1 atom stereocenters. The molecule has 3 heteroatoms. The normalized spacial score (nSPS) is 14.0. The lowest BCUT2D eigenvalue weighted by Gasteiger charge is -2.25. The molecule has 0 N–H and O–H groups in total. The van der Waals surface area contributed by atoms with Crippen LogP contribution in [0.15, 0.2) is 30.3 Å². The van der Waals surface area contributed by atoms with Gasteiger partial charge in [0, 0.05) is 12.5 Å². The standard InChI is InChI=1S/C12H13O3/c1-3-12(9-13,15-10(2)14)11-7-5-4-6-8-11/h4-8H,3H2,1-2H3. The second-order valence-corrected chi connectivity index (χ2v) is 3.24. The molecule has 1 radical (unpaired) electrons. The van der Waals surface area contributed by atoms with Crippen molar-refractivity contribution in [1.29, 1.82) is 0 Å². The summed E-state index contributed by atoms with van der Waals surface area (Å²) in [6, 6.07) is 8.92. The van der Waals surface area contributed by atoms with E-state index < -0.39 is 11.6 Å². The predicted octanol–water partition coefficient (Wildman–Crippen LogP) is 1.96. The summed E-state index contributed by atoms with van der Waals surface area (Å²) in [5.74, 6) is -0.482. The van der Waals surface area contributed by atoms with Crippen molar-refractivity contribution in [2.75, 3.05) is 0 Å². The lowest BCUT2D eigenvalue weighted by Crippen LogP contribution is -2.32. The SMILES string of the molecule is CCC([C]=O)(OC(C)=O)c1ccccc1. The van der Waals surface area contributed by atoms with E-state index in [0.29, 0.717) is 12.0 Å². The highest BCUT2D eigenvalue weighted by atomic mass is 16.6. The fourth-order valence-corrected chi connectivity index (χ4v) is 1.44. The van der Waals surface area contributed by atoms with E-state index in [1.165, 1.54) is 6.92 Å². The number of hydrogen-bond acceptors (Lipinski definition) is 3. The molecule has 0 aliphatic rings. The summed E-state index contributed by atoms with van der Waals surface area (Å²) in [5, 5.41) is 0. The molecule has 0 heterocycles. The first-order chi connectivity index (χ1) is 7.14. The van der Waals surface area contributed by atoms with E-state index in [9.17, 15) is 9.59 Å². The van der Waals surface area contributed by atoms with Crippen LogP contribution < -0.4 is 0 Å². The number of benzene rings is 1. The highest BCUT2D eigenvalue weighted by Gasteiger charge is 2.34. The molecule has 0 saturated heterocycles. The van der Waals surface area contributed by atoms with E-state index in [2.05, 4.69) is 0 Å². The Morgan fingerprint density at radius 3 is 2.40 bits per heavy atom. The van der Waals surface area contributed by atoms with Crippen LogP contribution >= 0.6 is 0 Å². The first-order valence-electron chi connectivity index (χ1n) is 4.79. The predicted molar refractivity (Wildman–Crippen MR) is 55.9 cm³/mol. The molecule has 0 fully saturated rings. The molecule has 3 nitrogen and oxygen atoms in total. The fraction of sp³-hybridized carbons (Fsp3) is 0.333. The van der Waals surface area contributed by atoms with Gasteiger partial charge in [-0.1, -0.05) is 37.3 Å². The number of carbonyl (C=O) groups is 1. The average molecular weight is 205 g/mol. The minimum atomic E-state index is -1.26. The van der Waals surface area contributed by atoms with Crippen LogP contribution in [-0.4, -0.2) is 12.3 Å². The van der Waals surface area contributed by atoms with Gasteiger partial charge in [0.15, 0.2) is 0 Å². The Labute approximate surface area is 89.1 Å². The molecule has 1 rings (SSSR count). The molecule has 79 valence electrons. The van der Waals surface area contributed by atoms with Crippen molar-refractivity contribution in [2.45, 2.75) is 25.9 Å². The zero-order chi connectivity index (χ0) is 11.3. The fourth-order valence-electron chi connectivity index (χ4n) is 1.44. The molecule has 0 aliphatic heterocycles. The third-order valence-corrected chi connectivity index (χ3v) is 2.22. The Kier molecular flexibility index (Phi) is 3.61. The van der Waals surface area contributed by atoms with Crippen LogP contribution in [0.3, 0.4) is 0 Å². The smallest absolute Gasteiger partial charge is 0.303 e. The van der Waals surface area contributed by atoms with Crippen molar-refractivity contribution < 1.29 is 14.3 Å². The quantitative estimate of drug-likeness (QED) is 0.706. The zero-order valence-corrected chi connectivity index (χ0v) is 8.82. The maximum absolute atomic E-state index is 11.0. The largest absolute Gasteiger partial charge is 0.446 e. The maximum atomic E-state index is 11.0. The number of hydrogen-bond donors (Lipinski definition) is 0. The molecule has 0 amide bonds. The number of ether oxygens (including phenoxy) is 1. The van der Waals surface area contributed by atoms with Gasteiger partial charge in [-0.2, -0.15) is 0 Å². The lowest BCUT2D eigenvalue weighted by molar-refractivity contribution is -0.151. The first-order valence-corrected chi connectivity index (χ1v) is 4.79. The molecule has 0 aliphatic carbocycles. The highest BCUT2D eigenvalue weighted by molar-refractivity contribution is 5.74. The Balaban J connectivity index is 3.11. The monoisotopic (exact) mass is 205 g/mol. The van der Waals surface area contributed by atoms with E-state index in [1.807, 2.05) is 12.4 Å².